The van der Waals surface area contributed by atoms with Crippen molar-refractivity contribution in [1.82, 2.24) is 10.2 Å². The van der Waals surface area contributed by atoms with Gasteiger partial charge >= 0.3 is 0 Å². The summed E-state index contributed by atoms with van der Waals surface area (Å²) < 4.78 is 10.2. The van der Waals surface area contributed by atoms with Crippen LogP contribution in [0.1, 0.15) is 17.4 Å². The third-order valence-electron chi connectivity index (χ3n) is 3.59. The molecule has 2 N–H and O–H groups in total. The Morgan fingerprint density at radius 3 is 2.75 bits per heavy atom. The lowest BCUT2D eigenvalue weighted by atomic mass is 10.2. The highest BCUT2D eigenvalue weighted by Crippen LogP contribution is 2.16. The standard InChI is InChI=1S/C18H24N2O4/c1-23-11-9-19-12-18(22)20(13-15-6-3-2-4-7-15)14-16(21)17-8-5-10-24-17/h2-8,10,16,19,21H,9,11-14H2,1H3. The van der Waals surface area contributed by atoms with E-state index in [4.69, 9.17) is 9.15 Å². The van der Waals surface area contributed by atoms with Crippen LogP contribution in [-0.2, 0) is 16.1 Å². The van der Waals surface area contributed by atoms with Crippen molar-refractivity contribution < 1.29 is 19.1 Å². The molecule has 1 aromatic carbocycles. The molecular formula is C18H24N2O4. The van der Waals surface area contributed by atoms with E-state index in [2.05, 4.69) is 5.32 Å². The largest absolute Gasteiger partial charge is 0.467 e. The maximum absolute atomic E-state index is 12.5. The van der Waals surface area contributed by atoms with Gasteiger partial charge in [-0.1, -0.05) is 30.3 Å². The van der Waals surface area contributed by atoms with Crippen molar-refractivity contribution in [1.29, 1.82) is 0 Å². The summed E-state index contributed by atoms with van der Waals surface area (Å²) in [7, 11) is 1.62. The van der Waals surface area contributed by atoms with Crippen molar-refractivity contribution in [2.45, 2.75) is 12.6 Å². The molecule has 0 aliphatic rings. The van der Waals surface area contributed by atoms with Gasteiger partial charge in [0.05, 0.1) is 26.0 Å². The number of ether oxygens (including phenoxy) is 1. The summed E-state index contributed by atoms with van der Waals surface area (Å²) in [4.78, 5) is 14.1. The first kappa shape index (κ1) is 18.2. The van der Waals surface area contributed by atoms with E-state index in [0.29, 0.717) is 25.5 Å². The van der Waals surface area contributed by atoms with Crippen LogP contribution in [0.25, 0.3) is 0 Å². The lowest BCUT2D eigenvalue weighted by molar-refractivity contribution is -0.132. The van der Waals surface area contributed by atoms with E-state index >= 15 is 0 Å². The quantitative estimate of drug-likeness (QED) is 0.646. The van der Waals surface area contributed by atoms with Gasteiger partial charge in [-0.2, -0.15) is 0 Å². The summed E-state index contributed by atoms with van der Waals surface area (Å²) in [6, 6.07) is 13.1. The van der Waals surface area contributed by atoms with Crippen LogP contribution in [0.4, 0.5) is 0 Å². The number of nitrogens with zero attached hydrogens (tertiary/aromatic N) is 1. The number of hydrogen-bond acceptors (Lipinski definition) is 5. The Bertz CT molecular complexity index is 586. The summed E-state index contributed by atoms with van der Waals surface area (Å²) in [5, 5.41) is 13.3. The number of rotatable bonds is 10. The molecule has 130 valence electrons. The zero-order valence-corrected chi connectivity index (χ0v) is 13.9. The molecule has 0 bridgehead atoms. The molecule has 0 fully saturated rings. The first-order chi connectivity index (χ1) is 11.7. The Kier molecular flexibility index (Phi) is 7.48. The number of carbonyl (C=O) groups excluding carboxylic acids is 1. The number of methoxy groups -OCH3 is 1. The number of amides is 1. The van der Waals surface area contributed by atoms with Gasteiger partial charge in [0.25, 0.3) is 0 Å². The maximum Gasteiger partial charge on any atom is 0.236 e. The minimum atomic E-state index is -0.855. The van der Waals surface area contributed by atoms with E-state index in [1.165, 1.54) is 6.26 Å². The number of aliphatic hydroxyl groups is 1. The van der Waals surface area contributed by atoms with Gasteiger partial charge in [0.2, 0.25) is 5.91 Å². The molecule has 24 heavy (non-hydrogen) atoms. The molecular weight excluding hydrogens is 308 g/mol. The third-order valence-corrected chi connectivity index (χ3v) is 3.59. The van der Waals surface area contributed by atoms with Gasteiger partial charge in [-0.25, -0.2) is 0 Å². The second-order valence-electron chi connectivity index (χ2n) is 5.46. The van der Waals surface area contributed by atoms with Gasteiger partial charge in [0, 0.05) is 20.2 Å². The summed E-state index contributed by atoms with van der Waals surface area (Å²) in [5.74, 6) is 0.369. The van der Waals surface area contributed by atoms with Gasteiger partial charge in [0.15, 0.2) is 0 Å². The van der Waals surface area contributed by atoms with E-state index in [0.717, 1.165) is 5.56 Å². The van der Waals surface area contributed by atoms with Gasteiger partial charge in [0.1, 0.15) is 11.9 Å². The normalized spacial score (nSPS) is 12.1. The molecule has 1 aromatic heterocycles. The van der Waals surface area contributed by atoms with Crippen LogP contribution in [0.15, 0.2) is 53.1 Å². The Morgan fingerprint density at radius 2 is 2.08 bits per heavy atom. The van der Waals surface area contributed by atoms with Crippen molar-refractivity contribution in [3.8, 4) is 0 Å². The molecule has 1 atom stereocenters. The van der Waals surface area contributed by atoms with Crippen LogP contribution < -0.4 is 5.32 Å². The fourth-order valence-corrected chi connectivity index (χ4v) is 2.32. The number of benzene rings is 1. The molecule has 0 saturated heterocycles. The summed E-state index contributed by atoms with van der Waals surface area (Å²) in [6.07, 6.45) is 0.653. The highest BCUT2D eigenvalue weighted by molar-refractivity contribution is 5.78. The molecule has 2 rings (SSSR count). The van der Waals surface area contributed by atoms with Crippen molar-refractivity contribution >= 4 is 5.91 Å². The van der Waals surface area contributed by atoms with Crippen molar-refractivity contribution in [3.05, 3.63) is 60.1 Å². The number of furan rings is 1. The summed E-state index contributed by atoms with van der Waals surface area (Å²) in [6.45, 7) is 1.95. The SMILES string of the molecule is COCCNCC(=O)N(Cc1ccccc1)CC(O)c1ccco1. The fraction of sp³-hybridized carbons (Fsp3) is 0.389. The van der Waals surface area contributed by atoms with E-state index in [1.807, 2.05) is 30.3 Å². The van der Waals surface area contributed by atoms with Crippen LogP contribution in [0.5, 0.6) is 0 Å². The number of hydrogen-bond donors (Lipinski definition) is 2. The Morgan fingerprint density at radius 1 is 1.29 bits per heavy atom. The molecule has 2 aromatic rings. The molecule has 1 unspecified atom stereocenters. The van der Waals surface area contributed by atoms with Crippen LogP contribution in [0.2, 0.25) is 0 Å². The van der Waals surface area contributed by atoms with Gasteiger partial charge in [-0.3, -0.25) is 4.79 Å². The minimum Gasteiger partial charge on any atom is -0.467 e. The molecule has 6 heteroatoms. The first-order valence-corrected chi connectivity index (χ1v) is 7.93. The highest BCUT2D eigenvalue weighted by Gasteiger charge is 2.20. The highest BCUT2D eigenvalue weighted by atomic mass is 16.5. The predicted molar refractivity (Wildman–Crippen MR) is 90.3 cm³/mol. The molecule has 0 saturated carbocycles. The van der Waals surface area contributed by atoms with E-state index in [1.54, 1.807) is 24.1 Å². The first-order valence-electron chi connectivity index (χ1n) is 7.93. The Labute approximate surface area is 142 Å². The summed E-state index contributed by atoms with van der Waals surface area (Å²) >= 11 is 0. The number of carbonyl (C=O) groups is 1. The lowest BCUT2D eigenvalue weighted by Crippen LogP contribution is -2.40. The average Bonchev–Trinajstić information content (AvgIpc) is 3.13. The predicted octanol–water partition coefficient (Wildman–Crippen LogP) is 1.58. The molecule has 1 heterocycles. The van der Waals surface area contributed by atoms with Crippen molar-refractivity contribution in [2.24, 2.45) is 0 Å². The average molecular weight is 332 g/mol. The van der Waals surface area contributed by atoms with Crippen molar-refractivity contribution in [3.63, 3.8) is 0 Å². The van der Waals surface area contributed by atoms with Gasteiger partial charge in [-0.15, -0.1) is 0 Å². The molecule has 1 amide bonds. The number of nitrogens with one attached hydrogen (secondary N) is 1. The van der Waals surface area contributed by atoms with Gasteiger partial charge < -0.3 is 24.5 Å². The van der Waals surface area contributed by atoms with E-state index < -0.39 is 6.10 Å². The lowest BCUT2D eigenvalue weighted by Gasteiger charge is -2.25. The Balaban J connectivity index is 1.98. The second kappa shape index (κ2) is 9.87. The molecule has 0 aliphatic carbocycles. The van der Waals surface area contributed by atoms with Crippen LogP contribution in [0.3, 0.4) is 0 Å². The topological polar surface area (TPSA) is 74.9 Å². The summed E-state index contributed by atoms with van der Waals surface area (Å²) in [5.41, 5.74) is 1.01. The third kappa shape index (κ3) is 5.81. The smallest absolute Gasteiger partial charge is 0.236 e. The van der Waals surface area contributed by atoms with Crippen LogP contribution in [-0.4, -0.2) is 49.3 Å². The fourth-order valence-electron chi connectivity index (χ4n) is 2.32. The van der Waals surface area contributed by atoms with Crippen LogP contribution in [0, 0.1) is 0 Å². The molecule has 0 radical (unpaired) electrons. The Hall–Kier alpha value is -2.15. The molecule has 6 nitrogen and oxygen atoms in total. The second-order valence-corrected chi connectivity index (χ2v) is 5.46. The van der Waals surface area contributed by atoms with E-state index in [9.17, 15) is 9.90 Å². The van der Waals surface area contributed by atoms with Crippen LogP contribution >= 0.6 is 0 Å². The zero-order valence-electron chi connectivity index (χ0n) is 13.9. The molecule has 0 aliphatic heterocycles. The van der Waals surface area contributed by atoms with E-state index in [-0.39, 0.29) is 19.0 Å². The monoisotopic (exact) mass is 332 g/mol. The zero-order chi connectivity index (χ0) is 17.2. The minimum absolute atomic E-state index is 0.0828. The maximum atomic E-state index is 12.5. The molecule has 0 spiro atoms. The van der Waals surface area contributed by atoms with Crippen molar-refractivity contribution in [2.75, 3.05) is 33.4 Å². The number of aliphatic hydroxyl groups excluding tert-OH is 1. The van der Waals surface area contributed by atoms with Gasteiger partial charge in [-0.05, 0) is 17.7 Å².